The number of nitrogens with zero attached hydrogens (tertiary/aromatic N) is 4. The number of alkyl carbamates (subject to hydrolysis) is 2. The minimum Gasteiger partial charge on any atom is -0.456 e. The number of hydrogen-bond donors (Lipinski definition) is 9. The molecule has 0 bridgehead atoms. The molecule has 4 heterocycles. The third-order valence-corrected chi connectivity index (χ3v) is 15.6. The van der Waals surface area contributed by atoms with Gasteiger partial charge in [-0.05, 0) is 135 Å². The molecule has 482 valence electrons. The number of nitrogens with one attached hydrogen (secondary N) is 5. The predicted octanol–water partition coefficient (Wildman–Crippen LogP) is 5.38. The SMILES string of the molecule is CC(C)[C@H](NC(=O)OC(C)(C)C)C(=O)N1CCCC1C(=O)C[C@@H](CCCN=C(N)N)C(=O)Nc1ccc2c(c1)Oc1cc(NC(=O)[C@H](CCCN=C(N)N)NC(=O)C3CCCN3C(=O)[C@@H](NC(=O)OC(C)(C)C)C(C)C)ccc1C21OC(=O)c2ccccc21. The molecule has 2 saturated heterocycles. The first-order valence-electron chi connectivity index (χ1n) is 30.3. The van der Waals surface area contributed by atoms with Crippen molar-refractivity contribution < 1.29 is 62.1 Å². The smallest absolute Gasteiger partial charge is 0.408 e. The highest BCUT2D eigenvalue weighted by Crippen LogP contribution is 2.57. The molecule has 13 N–H and O–H groups in total. The van der Waals surface area contributed by atoms with Gasteiger partial charge in [-0.1, -0.05) is 45.9 Å². The second-order valence-corrected chi connectivity index (χ2v) is 25.6. The average molecular weight is 1230 g/mol. The Morgan fingerprint density at radius 1 is 0.640 bits per heavy atom. The van der Waals surface area contributed by atoms with Crippen LogP contribution in [0.15, 0.2) is 70.6 Å². The number of hydrogen-bond acceptors (Lipinski definition) is 15. The molecule has 26 nitrogen and oxygen atoms in total. The van der Waals surface area contributed by atoms with Gasteiger partial charge in [0.15, 0.2) is 23.3 Å². The molecule has 7 rings (SSSR count). The summed E-state index contributed by atoms with van der Waals surface area (Å²) in [5.41, 5.74) is 21.3. The van der Waals surface area contributed by atoms with Crippen molar-refractivity contribution in [2.24, 2.45) is 50.7 Å². The van der Waals surface area contributed by atoms with E-state index in [1.54, 1.807) is 130 Å². The summed E-state index contributed by atoms with van der Waals surface area (Å²) in [6.45, 7) is 18.2. The number of carbonyl (C=O) groups excluding carboxylic acids is 9. The van der Waals surface area contributed by atoms with Gasteiger partial charge in [0.1, 0.15) is 46.9 Å². The van der Waals surface area contributed by atoms with Crippen molar-refractivity contribution in [2.75, 3.05) is 36.8 Å². The number of nitrogens with two attached hydrogens (primary N) is 4. The monoisotopic (exact) mass is 1230 g/mol. The fraction of sp³-hybridized carbons (Fsp3) is 0.540. The van der Waals surface area contributed by atoms with Crippen LogP contribution in [0.3, 0.4) is 0 Å². The van der Waals surface area contributed by atoms with Gasteiger partial charge in [0, 0.05) is 78.7 Å². The lowest BCUT2D eigenvalue weighted by Gasteiger charge is -2.37. The minimum atomic E-state index is -1.58. The zero-order valence-corrected chi connectivity index (χ0v) is 52.5. The molecule has 0 aliphatic carbocycles. The van der Waals surface area contributed by atoms with E-state index in [-0.39, 0.29) is 104 Å². The van der Waals surface area contributed by atoms with Crippen LogP contribution in [0.4, 0.5) is 21.0 Å². The summed E-state index contributed by atoms with van der Waals surface area (Å²) in [5.74, 6) is -5.21. The number of esters is 1. The molecule has 0 saturated carbocycles. The van der Waals surface area contributed by atoms with E-state index >= 15 is 0 Å². The molecule has 2 fully saturated rings. The molecule has 4 aliphatic rings. The molecular weight excluding hydrogens is 1150 g/mol. The molecular formula is C63H87N13O13. The number of likely N-dealkylation sites (tertiary alicyclic amines) is 2. The first-order chi connectivity index (χ1) is 41.9. The molecule has 4 aliphatic heterocycles. The number of Topliss-reactive ketones (excluding diaryl/α,β-unsaturated/α-hetero) is 1. The largest absolute Gasteiger partial charge is 0.456 e. The van der Waals surface area contributed by atoms with Crippen molar-refractivity contribution in [3.05, 3.63) is 82.9 Å². The zero-order valence-electron chi connectivity index (χ0n) is 52.5. The Hall–Kier alpha value is -8.97. The third kappa shape index (κ3) is 16.8. The van der Waals surface area contributed by atoms with E-state index in [0.29, 0.717) is 54.4 Å². The van der Waals surface area contributed by atoms with Gasteiger partial charge in [0.25, 0.3) is 0 Å². The quantitative estimate of drug-likeness (QED) is 0.0189. The number of benzene rings is 3. The third-order valence-electron chi connectivity index (χ3n) is 15.6. The Morgan fingerprint density at radius 2 is 1.12 bits per heavy atom. The van der Waals surface area contributed by atoms with Crippen LogP contribution in [0.1, 0.15) is 154 Å². The van der Waals surface area contributed by atoms with Gasteiger partial charge in [-0.3, -0.25) is 38.8 Å². The number of ketones is 1. The molecule has 0 aromatic heterocycles. The molecule has 3 aromatic rings. The minimum absolute atomic E-state index is 0.0702. The number of amides is 7. The molecule has 89 heavy (non-hydrogen) atoms. The van der Waals surface area contributed by atoms with Gasteiger partial charge in [0.2, 0.25) is 29.5 Å². The Bertz CT molecular complexity index is 3060. The summed E-state index contributed by atoms with van der Waals surface area (Å²) < 4.78 is 23.9. The zero-order chi connectivity index (χ0) is 65.3. The first kappa shape index (κ1) is 67.5. The van der Waals surface area contributed by atoms with E-state index in [0.717, 1.165) is 0 Å². The highest BCUT2D eigenvalue weighted by molar-refractivity contribution is 6.01. The van der Waals surface area contributed by atoms with Crippen molar-refractivity contribution >= 4 is 76.8 Å². The maximum atomic E-state index is 14.6. The molecule has 7 atom stereocenters. The van der Waals surface area contributed by atoms with Gasteiger partial charge in [-0.25, -0.2) is 14.4 Å². The highest BCUT2D eigenvalue weighted by Gasteiger charge is 2.54. The van der Waals surface area contributed by atoms with Crippen molar-refractivity contribution in [3.63, 3.8) is 0 Å². The Balaban J connectivity index is 1.14. The molecule has 7 amide bonds. The Morgan fingerprint density at radius 3 is 1.63 bits per heavy atom. The van der Waals surface area contributed by atoms with E-state index in [1.165, 1.54) is 9.80 Å². The lowest BCUT2D eigenvalue weighted by Crippen LogP contribution is -2.57. The lowest BCUT2D eigenvalue weighted by atomic mass is 9.77. The number of aliphatic imine (C=N–C) groups is 2. The van der Waals surface area contributed by atoms with Crippen molar-refractivity contribution in [2.45, 2.75) is 174 Å². The van der Waals surface area contributed by atoms with Gasteiger partial charge >= 0.3 is 18.2 Å². The van der Waals surface area contributed by atoms with Crippen molar-refractivity contribution in [3.8, 4) is 11.5 Å². The van der Waals surface area contributed by atoms with Crippen LogP contribution < -0.4 is 54.3 Å². The summed E-state index contributed by atoms with van der Waals surface area (Å²) in [7, 11) is 0. The standard InChI is InChI=1S/C63H87N13O13/c1-34(2)49(73-59(84)88-61(5,6)7)54(81)75-29-15-21-44(75)46(77)31-36(17-13-27-68-57(64)65)51(78)70-37-23-25-41-47(32-37)86-48-33-38(24-26-42(48)63(41)40-19-12-11-18-39(40)56(83)87-63)71-52(79)43(20-14-28-69-58(66)67)72-53(80)45-22-16-30-76(45)55(82)50(35(3)4)74-60(85)89-62(8,9)10/h11-12,18-19,23-26,32-36,43-45,49-50H,13-17,20-22,27-31H2,1-10H3,(H,70,78)(H,71,79)(H,72,80)(H,73,84)(H,74,85)(H4,64,65,68)(H4,66,67,69)/t36-,43+,44?,45?,49+,50+,63?/m1/s1. The topological polar surface area (TPSA) is 386 Å². The Labute approximate surface area is 518 Å². The number of guanidine groups is 2. The number of fused-ring (bicyclic) bond motifs is 6. The van der Waals surface area contributed by atoms with Crippen LogP contribution in [-0.4, -0.2) is 143 Å². The fourth-order valence-corrected chi connectivity index (χ4v) is 11.5. The van der Waals surface area contributed by atoms with E-state index in [1.807, 2.05) is 0 Å². The number of ether oxygens (including phenoxy) is 4. The Kier molecular flexibility index (Phi) is 21.6. The maximum absolute atomic E-state index is 14.6. The second kappa shape index (κ2) is 28.5. The van der Waals surface area contributed by atoms with Crippen LogP contribution in [0.5, 0.6) is 11.5 Å². The fourth-order valence-electron chi connectivity index (χ4n) is 11.5. The molecule has 1 spiro atoms. The van der Waals surface area contributed by atoms with Crippen molar-refractivity contribution in [1.82, 2.24) is 25.8 Å². The number of anilines is 2. The van der Waals surface area contributed by atoms with E-state index in [2.05, 4.69) is 36.6 Å². The number of rotatable bonds is 23. The molecule has 0 radical (unpaired) electrons. The molecule has 3 unspecified atom stereocenters. The van der Waals surface area contributed by atoms with Gasteiger partial charge < -0.3 is 78.3 Å². The maximum Gasteiger partial charge on any atom is 0.408 e. The van der Waals surface area contributed by atoms with E-state index in [4.69, 9.17) is 41.9 Å². The summed E-state index contributed by atoms with van der Waals surface area (Å²) in [6.07, 6.45) is 0.703. The number of carbonyl (C=O) groups is 9. The molecule has 26 heteroatoms. The summed E-state index contributed by atoms with van der Waals surface area (Å²) in [6, 6.07) is 11.6. The lowest BCUT2D eigenvalue weighted by molar-refractivity contribution is -0.141. The van der Waals surface area contributed by atoms with Gasteiger partial charge in [-0.15, -0.1) is 0 Å². The average Bonchev–Trinajstić information content (AvgIpc) is 1.65. The van der Waals surface area contributed by atoms with E-state index < -0.39 is 101 Å². The molecule has 3 aromatic carbocycles. The highest BCUT2D eigenvalue weighted by atomic mass is 16.6. The van der Waals surface area contributed by atoms with Crippen LogP contribution in [0.25, 0.3) is 0 Å². The van der Waals surface area contributed by atoms with Crippen LogP contribution >= 0.6 is 0 Å². The van der Waals surface area contributed by atoms with Gasteiger partial charge in [0.05, 0.1) is 11.6 Å². The summed E-state index contributed by atoms with van der Waals surface area (Å²) in [4.78, 5) is 137. The van der Waals surface area contributed by atoms with Crippen molar-refractivity contribution in [1.29, 1.82) is 0 Å². The summed E-state index contributed by atoms with van der Waals surface area (Å²) in [5, 5.41) is 14.1. The van der Waals surface area contributed by atoms with E-state index in [9.17, 15) is 43.2 Å². The second-order valence-electron chi connectivity index (χ2n) is 25.6. The summed E-state index contributed by atoms with van der Waals surface area (Å²) >= 11 is 0. The van der Waals surface area contributed by atoms with Crippen LogP contribution in [0, 0.1) is 17.8 Å². The predicted molar refractivity (Wildman–Crippen MR) is 332 cm³/mol. The normalized spacial score (nSPS) is 18.8. The van der Waals surface area contributed by atoms with Crippen LogP contribution in [0.2, 0.25) is 0 Å². The first-order valence-corrected chi connectivity index (χ1v) is 30.3. The van der Waals surface area contributed by atoms with Gasteiger partial charge in [-0.2, -0.15) is 0 Å². The van der Waals surface area contributed by atoms with Crippen LogP contribution in [-0.2, 0) is 48.6 Å².